The maximum absolute atomic E-state index is 11.8. The number of aryl methyl sites for hydroxylation is 1. The molecule has 0 aliphatic heterocycles. The second-order valence-electron chi connectivity index (χ2n) is 5.38. The zero-order chi connectivity index (χ0) is 15.5. The molecule has 2 rings (SSSR count). The van der Waals surface area contributed by atoms with Crippen molar-refractivity contribution in [2.45, 2.75) is 19.8 Å². The molecular weight excluding hydrogens is 270 g/mol. The van der Waals surface area contributed by atoms with E-state index in [1.807, 2.05) is 25.1 Å². The monoisotopic (exact) mass is 289 g/mol. The van der Waals surface area contributed by atoms with Gasteiger partial charge in [-0.25, -0.2) is 0 Å². The quantitative estimate of drug-likeness (QED) is 0.785. The normalized spacial score (nSPS) is 15.7. The molecule has 5 nitrogen and oxygen atoms in total. The maximum atomic E-state index is 11.8. The Labute approximate surface area is 123 Å². The van der Waals surface area contributed by atoms with E-state index in [9.17, 15) is 9.59 Å². The summed E-state index contributed by atoms with van der Waals surface area (Å²) in [6, 6.07) is 5.69. The predicted octanol–water partition coefficient (Wildman–Crippen LogP) is 2.00. The second-order valence-corrected chi connectivity index (χ2v) is 5.38. The number of nitrogens with one attached hydrogen (secondary N) is 1. The summed E-state index contributed by atoms with van der Waals surface area (Å²) in [5.41, 5.74) is 1.13. The van der Waals surface area contributed by atoms with Gasteiger partial charge < -0.3 is 15.2 Å². The summed E-state index contributed by atoms with van der Waals surface area (Å²) in [4.78, 5) is 22.8. The lowest BCUT2D eigenvalue weighted by Gasteiger charge is -2.09. The fourth-order valence-corrected chi connectivity index (χ4v) is 2.08. The minimum atomic E-state index is -0.841. The van der Waals surface area contributed by atoms with Gasteiger partial charge in [-0.15, -0.1) is 0 Å². The van der Waals surface area contributed by atoms with Crippen LogP contribution in [-0.2, 0) is 9.59 Å². The van der Waals surface area contributed by atoms with Gasteiger partial charge in [-0.2, -0.15) is 0 Å². The Kier molecular flexibility index (Phi) is 4.31. The third-order valence-electron chi connectivity index (χ3n) is 3.71. The number of hydrogen-bond donors (Lipinski definition) is 2. The Bertz CT molecular complexity index is 588. The molecule has 1 aliphatic carbocycles. The Balaban J connectivity index is 1.96. The van der Waals surface area contributed by atoms with Crippen LogP contribution in [0.2, 0.25) is 0 Å². The molecule has 0 bridgehead atoms. The van der Waals surface area contributed by atoms with Gasteiger partial charge in [0.1, 0.15) is 5.75 Å². The van der Waals surface area contributed by atoms with Crippen LogP contribution in [0, 0.1) is 12.3 Å². The van der Waals surface area contributed by atoms with Gasteiger partial charge in [0.2, 0.25) is 5.91 Å². The number of carboxylic acid groups (broad SMARTS) is 1. The number of benzene rings is 1. The summed E-state index contributed by atoms with van der Waals surface area (Å²) < 4.78 is 5.23. The van der Waals surface area contributed by atoms with Crippen LogP contribution in [0.3, 0.4) is 0 Å². The number of ether oxygens (including phenoxy) is 1. The summed E-state index contributed by atoms with van der Waals surface area (Å²) in [6.07, 6.45) is 4.31. The van der Waals surface area contributed by atoms with E-state index in [0.29, 0.717) is 18.6 Å². The number of methoxy groups -OCH3 is 1. The second kappa shape index (κ2) is 5.99. The largest absolute Gasteiger partial charge is 0.496 e. The van der Waals surface area contributed by atoms with Gasteiger partial charge >= 0.3 is 5.97 Å². The van der Waals surface area contributed by atoms with Crippen molar-refractivity contribution in [3.05, 3.63) is 35.4 Å². The third kappa shape index (κ3) is 3.62. The average molecular weight is 289 g/mol. The first-order valence-corrected chi connectivity index (χ1v) is 6.81. The van der Waals surface area contributed by atoms with Crippen LogP contribution in [0.4, 0.5) is 0 Å². The van der Waals surface area contributed by atoms with E-state index in [-0.39, 0.29) is 12.5 Å². The molecule has 1 aromatic carbocycles. The molecule has 0 atom stereocenters. The lowest BCUT2D eigenvalue weighted by atomic mass is 10.1. The maximum Gasteiger partial charge on any atom is 0.311 e. The SMILES string of the molecule is COc1ccc(C)cc1/C=C/C(=O)NCC1(C(=O)O)CC1. The van der Waals surface area contributed by atoms with Gasteiger partial charge in [0, 0.05) is 18.2 Å². The highest BCUT2D eigenvalue weighted by Gasteiger charge is 2.50. The molecule has 0 radical (unpaired) electrons. The van der Waals surface area contributed by atoms with Crippen LogP contribution < -0.4 is 10.1 Å². The Morgan fingerprint density at radius 1 is 1.43 bits per heavy atom. The highest BCUT2D eigenvalue weighted by molar-refractivity contribution is 5.92. The molecule has 1 fully saturated rings. The Morgan fingerprint density at radius 3 is 2.71 bits per heavy atom. The molecule has 2 N–H and O–H groups in total. The first kappa shape index (κ1) is 15.1. The molecule has 1 aromatic rings. The van der Waals surface area contributed by atoms with E-state index in [2.05, 4.69) is 5.32 Å². The minimum Gasteiger partial charge on any atom is -0.496 e. The topological polar surface area (TPSA) is 75.6 Å². The van der Waals surface area contributed by atoms with E-state index in [1.54, 1.807) is 13.2 Å². The van der Waals surface area contributed by atoms with Gasteiger partial charge in [-0.05, 0) is 38.0 Å². The lowest BCUT2D eigenvalue weighted by Crippen LogP contribution is -2.33. The van der Waals surface area contributed by atoms with Gasteiger partial charge in [-0.1, -0.05) is 11.6 Å². The number of hydrogen-bond acceptors (Lipinski definition) is 3. The van der Waals surface area contributed by atoms with E-state index < -0.39 is 11.4 Å². The number of rotatable bonds is 6. The summed E-state index contributed by atoms with van der Waals surface area (Å²) in [6.45, 7) is 2.14. The molecule has 1 saturated carbocycles. The number of amides is 1. The van der Waals surface area contributed by atoms with Crippen LogP contribution in [-0.4, -0.2) is 30.6 Å². The van der Waals surface area contributed by atoms with Crippen LogP contribution in [0.5, 0.6) is 5.75 Å². The third-order valence-corrected chi connectivity index (χ3v) is 3.71. The number of carbonyl (C=O) groups excluding carboxylic acids is 1. The summed E-state index contributed by atoms with van der Waals surface area (Å²) in [7, 11) is 1.58. The van der Waals surface area contributed by atoms with Crippen molar-refractivity contribution in [2.75, 3.05) is 13.7 Å². The van der Waals surface area contributed by atoms with Crippen molar-refractivity contribution in [3.8, 4) is 5.75 Å². The standard InChI is InChI=1S/C16H19NO4/c1-11-3-5-13(21-2)12(9-11)4-6-14(18)17-10-16(7-8-16)15(19)20/h3-6,9H,7-8,10H2,1-2H3,(H,17,18)(H,19,20)/b6-4+. The summed E-state index contributed by atoms with van der Waals surface area (Å²) in [5.74, 6) is -0.452. The first-order chi connectivity index (χ1) is 9.97. The van der Waals surface area contributed by atoms with Gasteiger partial charge in [0.25, 0.3) is 0 Å². The number of aliphatic carboxylic acids is 1. The van der Waals surface area contributed by atoms with E-state index in [4.69, 9.17) is 9.84 Å². The summed E-state index contributed by atoms with van der Waals surface area (Å²) >= 11 is 0. The highest BCUT2D eigenvalue weighted by Crippen LogP contribution is 2.45. The molecule has 0 unspecified atom stereocenters. The zero-order valence-corrected chi connectivity index (χ0v) is 12.2. The van der Waals surface area contributed by atoms with Crippen molar-refractivity contribution < 1.29 is 19.4 Å². The van der Waals surface area contributed by atoms with E-state index in [1.165, 1.54) is 6.08 Å². The first-order valence-electron chi connectivity index (χ1n) is 6.81. The zero-order valence-electron chi connectivity index (χ0n) is 12.2. The van der Waals surface area contributed by atoms with Crippen LogP contribution >= 0.6 is 0 Å². The number of carbonyl (C=O) groups is 2. The van der Waals surface area contributed by atoms with Gasteiger partial charge in [0.15, 0.2) is 0 Å². The molecule has 0 heterocycles. The van der Waals surface area contributed by atoms with Crippen molar-refractivity contribution in [1.29, 1.82) is 0 Å². The van der Waals surface area contributed by atoms with Crippen LogP contribution in [0.1, 0.15) is 24.0 Å². The summed E-state index contributed by atoms with van der Waals surface area (Å²) in [5, 5.41) is 11.7. The highest BCUT2D eigenvalue weighted by atomic mass is 16.5. The molecule has 0 aromatic heterocycles. The average Bonchev–Trinajstić information content (AvgIpc) is 3.24. The van der Waals surface area contributed by atoms with Crippen LogP contribution in [0.25, 0.3) is 6.08 Å². The minimum absolute atomic E-state index is 0.177. The molecular formula is C16H19NO4. The van der Waals surface area contributed by atoms with Crippen molar-refractivity contribution >= 4 is 18.0 Å². The number of carboxylic acids is 1. The molecule has 0 saturated heterocycles. The fraction of sp³-hybridized carbons (Fsp3) is 0.375. The van der Waals surface area contributed by atoms with E-state index in [0.717, 1.165) is 11.1 Å². The Morgan fingerprint density at radius 2 is 2.14 bits per heavy atom. The molecule has 112 valence electrons. The lowest BCUT2D eigenvalue weighted by molar-refractivity contribution is -0.143. The van der Waals surface area contributed by atoms with Crippen molar-refractivity contribution in [1.82, 2.24) is 5.32 Å². The molecule has 5 heteroatoms. The van der Waals surface area contributed by atoms with E-state index >= 15 is 0 Å². The van der Waals surface area contributed by atoms with Crippen molar-refractivity contribution in [3.63, 3.8) is 0 Å². The van der Waals surface area contributed by atoms with Crippen LogP contribution in [0.15, 0.2) is 24.3 Å². The fourth-order valence-electron chi connectivity index (χ4n) is 2.08. The van der Waals surface area contributed by atoms with Gasteiger partial charge in [-0.3, -0.25) is 9.59 Å². The Hall–Kier alpha value is -2.30. The smallest absolute Gasteiger partial charge is 0.311 e. The van der Waals surface area contributed by atoms with Crippen molar-refractivity contribution in [2.24, 2.45) is 5.41 Å². The molecule has 1 aliphatic rings. The predicted molar refractivity (Wildman–Crippen MR) is 79.1 cm³/mol. The molecule has 0 spiro atoms. The van der Waals surface area contributed by atoms with Gasteiger partial charge in [0.05, 0.1) is 12.5 Å². The molecule has 1 amide bonds. The molecule has 21 heavy (non-hydrogen) atoms.